The highest BCUT2D eigenvalue weighted by Gasteiger charge is 2.19. The number of ether oxygens (including phenoxy) is 3. The van der Waals surface area contributed by atoms with Crippen LogP contribution in [0.3, 0.4) is 0 Å². The van der Waals surface area contributed by atoms with E-state index in [1.165, 1.54) is 0 Å². The molecule has 2 aromatic heterocycles. The second-order valence-electron chi connectivity index (χ2n) is 9.79. The molecule has 1 N–H and O–H groups in total. The molecule has 0 saturated carbocycles. The minimum atomic E-state index is -0.162. The maximum Gasteiger partial charge on any atom is 0.231 e. The Hall–Kier alpha value is -3.69. The molecule has 0 aliphatic rings. The number of benzene rings is 2. The minimum Gasteiger partial charge on any atom is -0.491 e. The summed E-state index contributed by atoms with van der Waals surface area (Å²) in [6.45, 7) is 8.47. The first kappa shape index (κ1) is 26.4. The number of nitrogens with zero attached hydrogens (tertiary/aromatic N) is 3. The Morgan fingerprint density at radius 3 is 2.57 bits per heavy atom. The van der Waals surface area contributed by atoms with Crippen molar-refractivity contribution in [2.45, 2.75) is 39.0 Å². The van der Waals surface area contributed by atoms with Gasteiger partial charge >= 0.3 is 0 Å². The predicted molar refractivity (Wildman–Crippen MR) is 141 cm³/mol. The van der Waals surface area contributed by atoms with Gasteiger partial charge in [0, 0.05) is 43.6 Å². The molecule has 0 unspecified atom stereocenters. The fourth-order valence-electron chi connectivity index (χ4n) is 3.74. The first-order chi connectivity index (χ1) is 17.8. The van der Waals surface area contributed by atoms with Crippen LogP contribution in [0.25, 0.3) is 16.7 Å². The van der Waals surface area contributed by atoms with Gasteiger partial charge in [0.2, 0.25) is 11.8 Å². The van der Waals surface area contributed by atoms with E-state index in [1.54, 1.807) is 19.5 Å². The zero-order valence-corrected chi connectivity index (χ0v) is 21.8. The Labute approximate surface area is 216 Å². The van der Waals surface area contributed by atoms with Gasteiger partial charge in [-0.3, -0.25) is 14.7 Å². The highest BCUT2D eigenvalue weighted by Crippen LogP contribution is 2.25. The molecule has 37 heavy (non-hydrogen) atoms. The largest absolute Gasteiger partial charge is 0.491 e. The maximum absolute atomic E-state index is 12.5. The Morgan fingerprint density at radius 2 is 1.84 bits per heavy atom. The molecule has 4 aromatic rings. The van der Waals surface area contributed by atoms with Crippen molar-refractivity contribution in [1.29, 1.82) is 0 Å². The fraction of sp³-hybridized carbons (Fsp3) is 0.393. The molecule has 1 amide bonds. The molecule has 9 nitrogen and oxygen atoms in total. The number of nitrogens with one attached hydrogen (secondary N) is 1. The summed E-state index contributed by atoms with van der Waals surface area (Å²) in [6.07, 6.45) is 2.88. The van der Waals surface area contributed by atoms with Crippen molar-refractivity contribution < 1.29 is 23.5 Å². The Bertz CT molecular complexity index is 1300. The third kappa shape index (κ3) is 7.18. The van der Waals surface area contributed by atoms with E-state index in [4.69, 9.17) is 18.7 Å². The lowest BCUT2D eigenvalue weighted by Gasteiger charge is -2.12. The summed E-state index contributed by atoms with van der Waals surface area (Å²) in [5, 5.41) is 6.81. The van der Waals surface area contributed by atoms with Crippen LogP contribution in [0, 0.1) is 0 Å². The number of hydrogen-bond donors (Lipinski definition) is 1. The van der Waals surface area contributed by atoms with Crippen molar-refractivity contribution in [3.8, 4) is 11.4 Å². The molecule has 0 spiro atoms. The summed E-state index contributed by atoms with van der Waals surface area (Å²) in [7, 11) is 1.68. The van der Waals surface area contributed by atoms with Crippen molar-refractivity contribution in [3.63, 3.8) is 0 Å². The van der Waals surface area contributed by atoms with Crippen LogP contribution in [0.5, 0.6) is 5.75 Å². The van der Waals surface area contributed by atoms with Gasteiger partial charge in [0.25, 0.3) is 0 Å². The van der Waals surface area contributed by atoms with Gasteiger partial charge in [0.15, 0.2) is 0 Å². The smallest absolute Gasteiger partial charge is 0.231 e. The molecular weight excluding hydrogens is 472 g/mol. The van der Waals surface area contributed by atoms with Crippen LogP contribution < -0.4 is 10.1 Å². The second kappa shape index (κ2) is 12.0. The van der Waals surface area contributed by atoms with E-state index < -0.39 is 0 Å². The number of rotatable bonds is 12. The van der Waals surface area contributed by atoms with Gasteiger partial charge in [-0.05, 0) is 36.2 Å². The molecule has 4 rings (SSSR count). The van der Waals surface area contributed by atoms with Crippen molar-refractivity contribution in [2.75, 3.05) is 38.9 Å². The molecule has 0 radical (unpaired) electrons. The lowest BCUT2D eigenvalue weighted by Crippen LogP contribution is -2.14. The standard InChI is InChI=1S/C28H34N4O5/c1-28(2,3)25-18-27(37-31-25)30-26(33)16-20-6-8-21(9-7-20)32-19-29-23-17-22(10-11-24(23)32)36-15-14-35-13-5-12-34-4/h6-11,17-19H,5,12-16H2,1-4H3,(H,30,33). The number of carbonyl (C=O) groups is 1. The first-order valence-electron chi connectivity index (χ1n) is 12.4. The fourth-order valence-corrected chi connectivity index (χ4v) is 3.74. The SMILES string of the molecule is COCCCOCCOc1ccc2c(c1)ncn2-c1ccc(CC(=O)Nc2cc(C(C)(C)C)no2)cc1. The first-order valence-corrected chi connectivity index (χ1v) is 12.4. The number of anilines is 1. The third-order valence-corrected chi connectivity index (χ3v) is 5.77. The highest BCUT2D eigenvalue weighted by molar-refractivity contribution is 5.91. The van der Waals surface area contributed by atoms with Gasteiger partial charge in [-0.2, -0.15) is 0 Å². The normalized spacial score (nSPS) is 11.7. The van der Waals surface area contributed by atoms with E-state index in [1.807, 2.05) is 67.8 Å². The number of amides is 1. The average molecular weight is 507 g/mol. The van der Waals surface area contributed by atoms with Crippen molar-refractivity contribution in [1.82, 2.24) is 14.7 Å². The number of methoxy groups -OCH3 is 1. The summed E-state index contributed by atoms with van der Waals surface area (Å²) in [5.41, 5.74) is 4.29. The zero-order valence-electron chi connectivity index (χ0n) is 21.8. The monoisotopic (exact) mass is 506 g/mol. The number of imidazole rings is 1. The van der Waals surface area contributed by atoms with E-state index in [0.29, 0.717) is 32.3 Å². The summed E-state index contributed by atoms with van der Waals surface area (Å²) >= 11 is 0. The Balaban J connectivity index is 1.32. The van der Waals surface area contributed by atoms with Crippen LogP contribution in [-0.4, -0.2) is 54.2 Å². The summed E-state index contributed by atoms with van der Waals surface area (Å²) in [5.74, 6) is 0.945. The lowest BCUT2D eigenvalue weighted by atomic mass is 9.92. The number of aromatic nitrogens is 3. The molecule has 2 heterocycles. The van der Waals surface area contributed by atoms with E-state index >= 15 is 0 Å². The van der Waals surface area contributed by atoms with E-state index in [9.17, 15) is 4.79 Å². The van der Waals surface area contributed by atoms with Crippen LogP contribution in [-0.2, 0) is 26.1 Å². The number of hydrogen-bond acceptors (Lipinski definition) is 7. The topological polar surface area (TPSA) is 101 Å². The number of fused-ring (bicyclic) bond motifs is 1. The van der Waals surface area contributed by atoms with E-state index in [2.05, 4.69) is 15.5 Å². The van der Waals surface area contributed by atoms with Crippen molar-refractivity contribution in [2.24, 2.45) is 0 Å². The molecule has 0 aliphatic carbocycles. The van der Waals surface area contributed by atoms with Gasteiger partial charge in [-0.1, -0.05) is 38.1 Å². The predicted octanol–water partition coefficient (Wildman–Crippen LogP) is 4.92. The van der Waals surface area contributed by atoms with E-state index in [-0.39, 0.29) is 17.7 Å². The maximum atomic E-state index is 12.5. The summed E-state index contributed by atoms with van der Waals surface area (Å²) < 4.78 is 23.6. The average Bonchev–Trinajstić information content (AvgIpc) is 3.51. The number of carbonyl (C=O) groups excluding carboxylic acids is 1. The molecule has 9 heteroatoms. The quantitative estimate of drug-likeness (QED) is 0.272. The Morgan fingerprint density at radius 1 is 1.03 bits per heavy atom. The van der Waals surface area contributed by atoms with Crippen LogP contribution in [0.4, 0.5) is 5.88 Å². The van der Waals surface area contributed by atoms with E-state index in [0.717, 1.165) is 40.1 Å². The van der Waals surface area contributed by atoms with Crippen molar-refractivity contribution in [3.05, 3.63) is 66.1 Å². The molecule has 0 aliphatic heterocycles. The molecule has 0 bridgehead atoms. The highest BCUT2D eigenvalue weighted by atomic mass is 16.5. The third-order valence-electron chi connectivity index (χ3n) is 5.77. The van der Waals surface area contributed by atoms with Crippen LogP contribution >= 0.6 is 0 Å². The Kier molecular flexibility index (Phi) is 8.58. The molecule has 196 valence electrons. The van der Waals surface area contributed by atoms with Gasteiger partial charge < -0.3 is 18.7 Å². The van der Waals surface area contributed by atoms with Crippen molar-refractivity contribution >= 4 is 22.8 Å². The van der Waals surface area contributed by atoms with Gasteiger partial charge in [0.1, 0.15) is 18.7 Å². The van der Waals surface area contributed by atoms with Gasteiger partial charge in [-0.15, -0.1) is 0 Å². The second-order valence-corrected chi connectivity index (χ2v) is 9.79. The summed E-state index contributed by atoms with van der Waals surface area (Å²) in [6, 6.07) is 15.4. The molecule has 2 aromatic carbocycles. The molecule has 0 atom stereocenters. The molecular formula is C28H34N4O5. The van der Waals surface area contributed by atoms with Crippen LogP contribution in [0.15, 0.2) is 59.4 Å². The minimum absolute atomic E-state index is 0.145. The molecule has 0 fully saturated rings. The van der Waals surface area contributed by atoms with Gasteiger partial charge in [-0.25, -0.2) is 4.98 Å². The molecule has 0 saturated heterocycles. The zero-order chi connectivity index (χ0) is 26.3. The summed E-state index contributed by atoms with van der Waals surface area (Å²) in [4.78, 5) is 17.0. The lowest BCUT2D eigenvalue weighted by molar-refractivity contribution is -0.115. The van der Waals surface area contributed by atoms with Crippen LogP contribution in [0.1, 0.15) is 38.4 Å². The van der Waals surface area contributed by atoms with Gasteiger partial charge in [0.05, 0.1) is 29.8 Å². The van der Waals surface area contributed by atoms with Crippen LogP contribution in [0.2, 0.25) is 0 Å².